The van der Waals surface area contributed by atoms with Crippen LogP contribution in [0.5, 0.6) is 0 Å². The standard InChI is InChI=1S/C9H17N/c1-5-10-7-6-9(4)8(2)3/h6-8H,5H2,1-4H3/b9-6+,10-7?. The van der Waals surface area contributed by atoms with Crippen molar-refractivity contribution in [2.75, 3.05) is 6.54 Å². The lowest BCUT2D eigenvalue weighted by Crippen LogP contribution is -1.88. The Morgan fingerprint density at radius 1 is 1.50 bits per heavy atom. The van der Waals surface area contributed by atoms with Gasteiger partial charge in [-0.05, 0) is 25.8 Å². The fraction of sp³-hybridized carbons (Fsp3) is 0.667. The Balaban J connectivity index is 3.79. The summed E-state index contributed by atoms with van der Waals surface area (Å²) in [5.74, 6) is 0.642. The topological polar surface area (TPSA) is 12.4 Å². The molecule has 0 spiro atoms. The average molecular weight is 139 g/mol. The van der Waals surface area contributed by atoms with Gasteiger partial charge in [0.05, 0.1) is 0 Å². The van der Waals surface area contributed by atoms with Crippen molar-refractivity contribution in [1.82, 2.24) is 0 Å². The predicted molar refractivity (Wildman–Crippen MR) is 47.6 cm³/mol. The summed E-state index contributed by atoms with van der Waals surface area (Å²) < 4.78 is 0. The van der Waals surface area contributed by atoms with Gasteiger partial charge < -0.3 is 0 Å². The van der Waals surface area contributed by atoms with Crippen LogP contribution >= 0.6 is 0 Å². The molecule has 0 aliphatic carbocycles. The van der Waals surface area contributed by atoms with Gasteiger partial charge in [-0.1, -0.05) is 19.4 Å². The summed E-state index contributed by atoms with van der Waals surface area (Å²) in [7, 11) is 0. The van der Waals surface area contributed by atoms with Gasteiger partial charge in [-0.2, -0.15) is 0 Å². The van der Waals surface area contributed by atoms with Crippen LogP contribution < -0.4 is 0 Å². The number of allylic oxidation sites excluding steroid dienone is 2. The number of hydrogen-bond acceptors (Lipinski definition) is 1. The molecule has 0 aromatic carbocycles. The van der Waals surface area contributed by atoms with E-state index < -0.39 is 0 Å². The Kier molecular flexibility index (Phi) is 4.91. The first-order chi connectivity index (χ1) is 4.68. The van der Waals surface area contributed by atoms with Crippen LogP contribution in [0.2, 0.25) is 0 Å². The minimum atomic E-state index is 0.642. The van der Waals surface area contributed by atoms with E-state index in [4.69, 9.17) is 0 Å². The molecule has 0 aliphatic heterocycles. The molecule has 0 aromatic heterocycles. The van der Waals surface area contributed by atoms with E-state index in [2.05, 4.69) is 31.8 Å². The molecular formula is C9H17N. The fourth-order valence-corrected chi connectivity index (χ4v) is 0.468. The van der Waals surface area contributed by atoms with Crippen LogP contribution in [0.15, 0.2) is 16.6 Å². The van der Waals surface area contributed by atoms with Gasteiger partial charge in [0, 0.05) is 12.8 Å². The molecule has 0 aromatic rings. The van der Waals surface area contributed by atoms with E-state index in [9.17, 15) is 0 Å². The molecule has 1 heteroatoms. The Morgan fingerprint density at radius 2 is 2.10 bits per heavy atom. The quantitative estimate of drug-likeness (QED) is 0.533. The smallest absolute Gasteiger partial charge is 0.0360 e. The van der Waals surface area contributed by atoms with Gasteiger partial charge in [0.1, 0.15) is 0 Å². The zero-order valence-electron chi connectivity index (χ0n) is 7.39. The zero-order chi connectivity index (χ0) is 7.98. The minimum absolute atomic E-state index is 0.642. The summed E-state index contributed by atoms with van der Waals surface area (Å²) in [6.07, 6.45) is 3.96. The Bertz CT molecular complexity index is 132. The summed E-state index contributed by atoms with van der Waals surface area (Å²) in [6.45, 7) is 9.42. The van der Waals surface area contributed by atoms with Gasteiger partial charge >= 0.3 is 0 Å². The highest BCUT2D eigenvalue weighted by Crippen LogP contribution is 2.05. The van der Waals surface area contributed by atoms with Gasteiger partial charge in [0.25, 0.3) is 0 Å². The molecular weight excluding hydrogens is 122 g/mol. The molecule has 0 radical (unpaired) electrons. The van der Waals surface area contributed by atoms with Crippen LogP contribution in [0, 0.1) is 5.92 Å². The van der Waals surface area contributed by atoms with Crippen LogP contribution in [0.4, 0.5) is 0 Å². The lowest BCUT2D eigenvalue weighted by molar-refractivity contribution is 0.771. The molecule has 0 amide bonds. The Hall–Kier alpha value is -0.590. The Labute approximate surface area is 63.9 Å². The average Bonchev–Trinajstić information content (AvgIpc) is 1.88. The molecule has 0 heterocycles. The molecule has 0 N–H and O–H groups in total. The van der Waals surface area contributed by atoms with Gasteiger partial charge in [0.15, 0.2) is 0 Å². The SMILES string of the molecule is CCN=C/C=C(\C)C(C)C. The first kappa shape index (κ1) is 9.41. The van der Waals surface area contributed by atoms with Gasteiger partial charge in [-0.15, -0.1) is 0 Å². The lowest BCUT2D eigenvalue weighted by atomic mass is 10.1. The van der Waals surface area contributed by atoms with E-state index in [-0.39, 0.29) is 0 Å². The second-order valence-electron chi connectivity index (χ2n) is 2.71. The van der Waals surface area contributed by atoms with Crippen molar-refractivity contribution in [3.8, 4) is 0 Å². The van der Waals surface area contributed by atoms with Crippen LogP contribution in [0.1, 0.15) is 27.7 Å². The molecule has 10 heavy (non-hydrogen) atoms. The highest BCUT2D eigenvalue weighted by atomic mass is 14.7. The van der Waals surface area contributed by atoms with Crippen molar-refractivity contribution in [1.29, 1.82) is 0 Å². The maximum absolute atomic E-state index is 4.09. The highest BCUT2D eigenvalue weighted by Gasteiger charge is 1.91. The summed E-state index contributed by atoms with van der Waals surface area (Å²) in [5, 5.41) is 0. The fourth-order valence-electron chi connectivity index (χ4n) is 0.468. The summed E-state index contributed by atoms with van der Waals surface area (Å²) in [5.41, 5.74) is 1.39. The Morgan fingerprint density at radius 3 is 2.50 bits per heavy atom. The lowest BCUT2D eigenvalue weighted by Gasteiger charge is -2.01. The summed E-state index contributed by atoms with van der Waals surface area (Å²) in [6, 6.07) is 0. The van der Waals surface area contributed by atoms with Crippen LogP contribution in [0.25, 0.3) is 0 Å². The van der Waals surface area contributed by atoms with E-state index in [1.165, 1.54) is 5.57 Å². The monoisotopic (exact) mass is 139 g/mol. The molecule has 0 atom stereocenters. The van der Waals surface area contributed by atoms with Crippen molar-refractivity contribution < 1.29 is 0 Å². The second kappa shape index (κ2) is 5.21. The van der Waals surface area contributed by atoms with Gasteiger partial charge in [-0.25, -0.2) is 0 Å². The molecule has 0 saturated heterocycles. The number of rotatable bonds is 3. The van der Waals surface area contributed by atoms with Crippen LogP contribution in [0.3, 0.4) is 0 Å². The summed E-state index contributed by atoms with van der Waals surface area (Å²) >= 11 is 0. The van der Waals surface area contributed by atoms with Crippen LogP contribution in [-0.4, -0.2) is 12.8 Å². The molecule has 58 valence electrons. The first-order valence-corrected chi connectivity index (χ1v) is 3.85. The van der Waals surface area contributed by atoms with Crippen molar-refractivity contribution in [3.63, 3.8) is 0 Å². The van der Waals surface area contributed by atoms with E-state index >= 15 is 0 Å². The van der Waals surface area contributed by atoms with E-state index in [0.717, 1.165) is 6.54 Å². The van der Waals surface area contributed by atoms with Gasteiger partial charge in [-0.3, -0.25) is 4.99 Å². The molecule has 0 rings (SSSR count). The van der Waals surface area contributed by atoms with Crippen molar-refractivity contribution in [3.05, 3.63) is 11.6 Å². The summed E-state index contributed by atoms with van der Waals surface area (Å²) in [4.78, 5) is 4.09. The molecule has 0 aliphatic rings. The predicted octanol–water partition coefficient (Wildman–Crippen LogP) is 2.68. The third kappa shape index (κ3) is 4.30. The van der Waals surface area contributed by atoms with E-state index in [0.29, 0.717) is 5.92 Å². The maximum atomic E-state index is 4.09. The molecule has 0 bridgehead atoms. The van der Waals surface area contributed by atoms with Crippen LogP contribution in [-0.2, 0) is 0 Å². The normalized spacial score (nSPS) is 13.5. The maximum Gasteiger partial charge on any atom is 0.0360 e. The van der Waals surface area contributed by atoms with E-state index in [1.807, 2.05) is 13.1 Å². The molecule has 0 fully saturated rings. The number of hydrogen-bond donors (Lipinski definition) is 0. The number of nitrogens with zero attached hydrogens (tertiary/aromatic N) is 1. The number of aliphatic imine (C=N–C) groups is 1. The third-order valence-electron chi connectivity index (χ3n) is 1.54. The minimum Gasteiger partial charge on any atom is -0.293 e. The third-order valence-corrected chi connectivity index (χ3v) is 1.54. The molecule has 0 unspecified atom stereocenters. The zero-order valence-corrected chi connectivity index (χ0v) is 7.39. The first-order valence-electron chi connectivity index (χ1n) is 3.85. The second-order valence-corrected chi connectivity index (χ2v) is 2.71. The van der Waals surface area contributed by atoms with Crippen molar-refractivity contribution in [2.24, 2.45) is 10.9 Å². The largest absolute Gasteiger partial charge is 0.293 e. The van der Waals surface area contributed by atoms with E-state index in [1.54, 1.807) is 0 Å². The molecule has 1 nitrogen and oxygen atoms in total. The van der Waals surface area contributed by atoms with Gasteiger partial charge in [0.2, 0.25) is 0 Å². The van der Waals surface area contributed by atoms with Crippen molar-refractivity contribution in [2.45, 2.75) is 27.7 Å². The highest BCUT2D eigenvalue weighted by molar-refractivity contribution is 5.72. The van der Waals surface area contributed by atoms with Crippen molar-refractivity contribution >= 4 is 6.21 Å². The molecule has 0 saturated carbocycles.